The number of aromatic nitrogens is 1. The first kappa shape index (κ1) is 18.1. The van der Waals surface area contributed by atoms with E-state index in [1.54, 1.807) is 24.5 Å². The maximum atomic E-state index is 12.0. The Balaban J connectivity index is 2.39. The fraction of sp³-hybridized carbons (Fsp3) is 0.562. The Morgan fingerprint density at radius 1 is 1.23 bits per heavy atom. The molecule has 1 aromatic rings. The number of hydrogen-bond donors (Lipinski definition) is 2. The van der Waals surface area contributed by atoms with E-state index in [1.807, 2.05) is 32.8 Å². The molecule has 0 fully saturated rings. The highest BCUT2D eigenvalue weighted by molar-refractivity contribution is 5.91. The molecular formula is C16H26N4O2. The Bertz CT molecular complexity index is 486. The van der Waals surface area contributed by atoms with E-state index >= 15 is 0 Å². The zero-order valence-electron chi connectivity index (χ0n) is 13.8. The van der Waals surface area contributed by atoms with Crippen molar-refractivity contribution >= 4 is 17.5 Å². The van der Waals surface area contributed by atoms with Gasteiger partial charge >= 0.3 is 0 Å². The van der Waals surface area contributed by atoms with Crippen molar-refractivity contribution in [2.75, 3.05) is 32.5 Å². The lowest BCUT2D eigenvalue weighted by molar-refractivity contribution is -0.124. The minimum atomic E-state index is -0.394. The number of likely N-dealkylation sites (N-methyl/N-ethyl adjacent to an activating group) is 1. The number of amides is 2. The number of hydrogen-bond acceptors (Lipinski definition) is 4. The molecule has 1 aromatic heterocycles. The monoisotopic (exact) mass is 306 g/mol. The third kappa shape index (κ3) is 7.73. The number of rotatable bonds is 8. The van der Waals surface area contributed by atoms with Gasteiger partial charge in [0, 0.05) is 32.1 Å². The van der Waals surface area contributed by atoms with Gasteiger partial charge in [-0.15, -0.1) is 0 Å². The van der Waals surface area contributed by atoms with Gasteiger partial charge in [-0.2, -0.15) is 0 Å². The van der Waals surface area contributed by atoms with E-state index in [9.17, 15) is 9.59 Å². The van der Waals surface area contributed by atoms with Gasteiger partial charge in [0.1, 0.15) is 0 Å². The predicted octanol–water partition coefficient (Wildman–Crippen LogP) is 1.50. The highest BCUT2D eigenvalue weighted by Crippen LogP contribution is 2.25. The molecule has 0 aromatic carbocycles. The van der Waals surface area contributed by atoms with Crippen LogP contribution in [0.2, 0.25) is 0 Å². The molecule has 0 unspecified atom stereocenters. The molecule has 0 radical (unpaired) electrons. The number of nitrogens with zero attached hydrogens (tertiary/aromatic N) is 2. The van der Waals surface area contributed by atoms with Crippen LogP contribution in [0.3, 0.4) is 0 Å². The van der Waals surface area contributed by atoms with E-state index in [2.05, 4.69) is 15.6 Å². The largest absolute Gasteiger partial charge is 0.355 e. The smallest absolute Gasteiger partial charge is 0.224 e. The van der Waals surface area contributed by atoms with Crippen LogP contribution in [-0.2, 0) is 9.59 Å². The summed E-state index contributed by atoms with van der Waals surface area (Å²) in [4.78, 5) is 29.9. The Labute approximate surface area is 132 Å². The molecule has 122 valence electrons. The van der Waals surface area contributed by atoms with Gasteiger partial charge in [-0.25, -0.2) is 0 Å². The van der Waals surface area contributed by atoms with Crippen molar-refractivity contribution in [2.24, 2.45) is 5.41 Å². The molecular weight excluding hydrogens is 280 g/mol. The summed E-state index contributed by atoms with van der Waals surface area (Å²) in [5.74, 6) is -0.139. The predicted molar refractivity (Wildman–Crippen MR) is 87.4 cm³/mol. The molecule has 0 saturated heterocycles. The van der Waals surface area contributed by atoms with Gasteiger partial charge in [0.2, 0.25) is 11.8 Å². The van der Waals surface area contributed by atoms with Crippen LogP contribution in [0, 0.1) is 5.41 Å². The van der Waals surface area contributed by atoms with Crippen LogP contribution < -0.4 is 10.6 Å². The quantitative estimate of drug-likeness (QED) is 0.763. The van der Waals surface area contributed by atoms with Crippen molar-refractivity contribution in [3.05, 3.63) is 24.5 Å². The summed E-state index contributed by atoms with van der Waals surface area (Å²) in [6, 6.07) is 3.55. The van der Waals surface area contributed by atoms with Crippen LogP contribution in [0.25, 0.3) is 0 Å². The fourth-order valence-electron chi connectivity index (χ4n) is 2.06. The van der Waals surface area contributed by atoms with Crippen molar-refractivity contribution < 1.29 is 9.59 Å². The SMILES string of the molecule is CN(C)CCNC(=O)CC(C)(C)CC(=O)Nc1cccnc1. The molecule has 2 N–H and O–H groups in total. The summed E-state index contributed by atoms with van der Waals surface area (Å²) in [6.45, 7) is 5.25. The van der Waals surface area contributed by atoms with Crippen LogP contribution in [0.15, 0.2) is 24.5 Å². The average molecular weight is 306 g/mol. The molecule has 0 aliphatic carbocycles. The summed E-state index contributed by atoms with van der Waals surface area (Å²) < 4.78 is 0. The Kier molecular flexibility index (Phi) is 6.98. The minimum absolute atomic E-state index is 0.0268. The van der Waals surface area contributed by atoms with Crippen LogP contribution in [0.5, 0.6) is 0 Å². The summed E-state index contributed by atoms with van der Waals surface area (Å²) in [5, 5.41) is 5.66. The second kappa shape index (κ2) is 8.48. The lowest BCUT2D eigenvalue weighted by Gasteiger charge is -2.23. The van der Waals surface area contributed by atoms with E-state index in [-0.39, 0.29) is 18.2 Å². The third-order valence-electron chi connectivity index (χ3n) is 3.10. The Morgan fingerprint density at radius 2 is 1.91 bits per heavy atom. The van der Waals surface area contributed by atoms with Crippen molar-refractivity contribution in [3.8, 4) is 0 Å². The van der Waals surface area contributed by atoms with E-state index in [0.29, 0.717) is 18.7 Å². The van der Waals surface area contributed by atoms with Gasteiger partial charge in [-0.05, 0) is 31.6 Å². The zero-order valence-corrected chi connectivity index (χ0v) is 13.8. The molecule has 0 saturated carbocycles. The zero-order chi connectivity index (χ0) is 16.6. The van der Waals surface area contributed by atoms with Gasteiger partial charge in [0.15, 0.2) is 0 Å². The first-order chi connectivity index (χ1) is 10.3. The lowest BCUT2D eigenvalue weighted by atomic mass is 9.85. The van der Waals surface area contributed by atoms with Crippen LogP contribution >= 0.6 is 0 Å². The molecule has 1 rings (SSSR count). The molecule has 0 spiro atoms. The highest BCUT2D eigenvalue weighted by atomic mass is 16.2. The average Bonchev–Trinajstić information content (AvgIpc) is 2.37. The molecule has 1 heterocycles. The Morgan fingerprint density at radius 3 is 2.50 bits per heavy atom. The second-order valence-electron chi connectivity index (χ2n) is 6.46. The second-order valence-corrected chi connectivity index (χ2v) is 6.46. The molecule has 22 heavy (non-hydrogen) atoms. The van der Waals surface area contributed by atoms with Crippen molar-refractivity contribution in [2.45, 2.75) is 26.7 Å². The fourth-order valence-corrected chi connectivity index (χ4v) is 2.06. The summed E-state index contributed by atoms with van der Waals surface area (Å²) in [6.07, 6.45) is 3.85. The molecule has 0 bridgehead atoms. The molecule has 6 heteroatoms. The minimum Gasteiger partial charge on any atom is -0.355 e. The van der Waals surface area contributed by atoms with Gasteiger partial charge in [0.25, 0.3) is 0 Å². The van der Waals surface area contributed by atoms with Gasteiger partial charge in [-0.3, -0.25) is 14.6 Å². The molecule has 2 amide bonds. The van der Waals surface area contributed by atoms with E-state index in [4.69, 9.17) is 0 Å². The number of pyridine rings is 1. The lowest BCUT2D eigenvalue weighted by Crippen LogP contribution is -2.35. The van der Waals surface area contributed by atoms with Gasteiger partial charge in [0.05, 0.1) is 11.9 Å². The Hall–Kier alpha value is -1.95. The number of anilines is 1. The van der Waals surface area contributed by atoms with Crippen LogP contribution in [0.4, 0.5) is 5.69 Å². The van der Waals surface area contributed by atoms with Gasteiger partial charge in [-0.1, -0.05) is 13.8 Å². The number of nitrogens with one attached hydrogen (secondary N) is 2. The van der Waals surface area contributed by atoms with Crippen LogP contribution in [-0.4, -0.2) is 48.9 Å². The summed E-state index contributed by atoms with van der Waals surface area (Å²) >= 11 is 0. The first-order valence-electron chi connectivity index (χ1n) is 7.40. The standard InChI is InChI=1S/C16H26N4O2/c1-16(2,10-14(21)18-8-9-20(3)4)11-15(22)19-13-6-5-7-17-12-13/h5-7,12H,8-11H2,1-4H3,(H,18,21)(H,19,22). The summed E-state index contributed by atoms with van der Waals surface area (Å²) in [5.41, 5.74) is 0.271. The topological polar surface area (TPSA) is 74.3 Å². The molecule has 6 nitrogen and oxygen atoms in total. The van der Waals surface area contributed by atoms with Crippen molar-refractivity contribution in [1.82, 2.24) is 15.2 Å². The normalized spacial score (nSPS) is 11.3. The van der Waals surface area contributed by atoms with Crippen LogP contribution in [0.1, 0.15) is 26.7 Å². The van der Waals surface area contributed by atoms with E-state index < -0.39 is 5.41 Å². The molecule has 0 atom stereocenters. The van der Waals surface area contributed by atoms with E-state index in [0.717, 1.165) is 6.54 Å². The number of carbonyl (C=O) groups is 2. The molecule has 0 aliphatic heterocycles. The van der Waals surface area contributed by atoms with E-state index in [1.165, 1.54) is 0 Å². The maximum absolute atomic E-state index is 12.0. The number of carbonyl (C=O) groups excluding carboxylic acids is 2. The molecule has 0 aliphatic rings. The van der Waals surface area contributed by atoms with Gasteiger partial charge < -0.3 is 15.5 Å². The maximum Gasteiger partial charge on any atom is 0.224 e. The third-order valence-corrected chi connectivity index (χ3v) is 3.10. The first-order valence-corrected chi connectivity index (χ1v) is 7.40. The van der Waals surface area contributed by atoms with Crippen molar-refractivity contribution in [3.63, 3.8) is 0 Å². The van der Waals surface area contributed by atoms with Crippen molar-refractivity contribution in [1.29, 1.82) is 0 Å². The highest BCUT2D eigenvalue weighted by Gasteiger charge is 2.25. The summed E-state index contributed by atoms with van der Waals surface area (Å²) in [7, 11) is 3.91.